The maximum absolute atomic E-state index is 2.58. The van der Waals surface area contributed by atoms with Crippen molar-refractivity contribution in [3.63, 3.8) is 0 Å². The van der Waals surface area contributed by atoms with Gasteiger partial charge in [-0.1, -0.05) is 94.4 Å². The van der Waals surface area contributed by atoms with E-state index < -0.39 is 0 Å². The molecule has 1 aromatic rings. The van der Waals surface area contributed by atoms with Gasteiger partial charge in [0, 0.05) is 5.92 Å². The maximum Gasteiger partial charge on any atom is 0.00455 e. The van der Waals surface area contributed by atoms with E-state index in [9.17, 15) is 0 Å². The van der Waals surface area contributed by atoms with Crippen molar-refractivity contribution in [3.05, 3.63) is 47.5 Å². The molecule has 0 N–H and O–H groups in total. The minimum atomic E-state index is 0.659. The Kier molecular flexibility index (Phi) is 7.77. The molecular weight excluding hydrogens is 264 g/mol. The zero-order valence-electron chi connectivity index (χ0n) is 14.7. The molecule has 0 nitrogen and oxygen atoms in total. The predicted octanol–water partition coefficient (Wildman–Crippen LogP) is 7.27. The summed E-state index contributed by atoms with van der Waals surface area (Å²) in [4.78, 5) is 0. The van der Waals surface area contributed by atoms with Crippen molar-refractivity contribution < 1.29 is 0 Å². The van der Waals surface area contributed by atoms with Crippen molar-refractivity contribution in [2.24, 2.45) is 5.92 Å². The fraction of sp³-hybridized carbons (Fsp3) is 0.636. The van der Waals surface area contributed by atoms with Gasteiger partial charge >= 0.3 is 0 Å². The summed E-state index contributed by atoms with van der Waals surface area (Å²) in [5.74, 6) is 1.62. The Labute approximate surface area is 138 Å². The van der Waals surface area contributed by atoms with E-state index >= 15 is 0 Å². The topological polar surface area (TPSA) is 0 Å². The van der Waals surface area contributed by atoms with E-state index in [1.54, 1.807) is 5.57 Å². The molecule has 0 heteroatoms. The molecule has 0 saturated heterocycles. The van der Waals surface area contributed by atoms with Crippen molar-refractivity contribution in [2.75, 3.05) is 0 Å². The van der Waals surface area contributed by atoms with Gasteiger partial charge in [0.1, 0.15) is 0 Å². The summed E-state index contributed by atoms with van der Waals surface area (Å²) >= 11 is 0. The molecule has 0 spiro atoms. The van der Waals surface area contributed by atoms with Crippen molar-refractivity contribution in [3.8, 4) is 0 Å². The first kappa shape index (κ1) is 17.3. The van der Waals surface area contributed by atoms with Gasteiger partial charge in [0.2, 0.25) is 0 Å². The Hall–Kier alpha value is -1.04. The zero-order chi connectivity index (χ0) is 15.6. The summed E-state index contributed by atoms with van der Waals surface area (Å²) in [5.41, 5.74) is 3.21. The van der Waals surface area contributed by atoms with E-state index in [0.29, 0.717) is 5.92 Å². The largest absolute Gasteiger partial charge is 0.0844 e. The number of hydrogen-bond donors (Lipinski definition) is 0. The Balaban J connectivity index is 1.80. The van der Waals surface area contributed by atoms with E-state index in [4.69, 9.17) is 0 Å². The molecular formula is C22H34. The molecule has 2 atom stereocenters. The first-order valence-electron chi connectivity index (χ1n) is 9.59. The van der Waals surface area contributed by atoms with E-state index in [2.05, 4.69) is 50.3 Å². The van der Waals surface area contributed by atoms with Gasteiger partial charge in [-0.05, 0) is 37.2 Å². The first-order chi connectivity index (χ1) is 10.8. The number of unbranched alkanes of at least 4 members (excludes halogenated alkanes) is 4. The quantitative estimate of drug-likeness (QED) is 0.332. The highest BCUT2D eigenvalue weighted by Crippen LogP contribution is 2.37. The van der Waals surface area contributed by atoms with Gasteiger partial charge in [-0.15, -0.1) is 0 Å². The van der Waals surface area contributed by atoms with Crippen LogP contribution in [-0.2, 0) is 0 Å². The molecule has 2 unspecified atom stereocenters. The van der Waals surface area contributed by atoms with Gasteiger partial charge < -0.3 is 0 Å². The van der Waals surface area contributed by atoms with Crippen LogP contribution in [-0.4, -0.2) is 0 Å². The third kappa shape index (κ3) is 5.30. The van der Waals surface area contributed by atoms with Crippen molar-refractivity contribution >= 4 is 0 Å². The molecule has 22 heavy (non-hydrogen) atoms. The molecule has 0 aliphatic heterocycles. The highest BCUT2D eigenvalue weighted by molar-refractivity contribution is 5.29. The van der Waals surface area contributed by atoms with Crippen LogP contribution in [0.15, 0.2) is 42.0 Å². The van der Waals surface area contributed by atoms with Crippen LogP contribution in [0.1, 0.15) is 89.5 Å². The lowest BCUT2D eigenvalue weighted by Gasteiger charge is -2.27. The monoisotopic (exact) mass is 298 g/mol. The standard InChI is InChI=1S/C22H34/c1-3-5-6-7-9-12-19-15-17-21(18-16-19)22(4-2)20-13-10-8-11-14-20/h8,10-11,13-14,17,19,22H,3-7,9,12,15-16,18H2,1-2H3. The molecule has 0 saturated carbocycles. The average Bonchev–Trinajstić information content (AvgIpc) is 2.58. The maximum atomic E-state index is 2.58. The molecule has 0 aromatic heterocycles. The lowest BCUT2D eigenvalue weighted by Crippen LogP contribution is -2.10. The number of rotatable bonds is 9. The lowest BCUT2D eigenvalue weighted by atomic mass is 9.78. The second-order valence-electron chi connectivity index (χ2n) is 6.99. The number of hydrogen-bond acceptors (Lipinski definition) is 0. The molecule has 1 aliphatic rings. The normalized spacial score (nSPS) is 19.7. The molecule has 0 radical (unpaired) electrons. The van der Waals surface area contributed by atoms with Crippen molar-refractivity contribution in [1.82, 2.24) is 0 Å². The summed E-state index contributed by atoms with van der Waals surface area (Å²) in [6.45, 7) is 4.63. The van der Waals surface area contributed by atoms with Gasteiger partial charge in [-0.2, -0.15) is 0 Å². The van der Waals surface area contributed by atoms with Crippen LogP contribution >= 0.6 is 0 Å². The molecule has 0 bridgehead atoms. The number of allylic oxidation sites excluding steroid dienone is 2. The molecule has 1 aromatic carbocycles. The van der Waals surface area contributed by atoms with E-state index in [0.717, 1.165) is 5.92 Å². The van der Waals surface area contributed by atoms with E-state index in [-0.39, 0.29) is 0 Å². The van der Waals surface area contributed by atoms with Gasteiger partial charge in [0.15, 0.2) is 0 Å². The Morgan fingerprint density at radius 2 is 1.77 bits per heavy atom. The highest BCUT2D eigenvalue weighted by Gasteiger charge is 2.20. The third-order valence-electron chi connectivity index (χ3n) is 5.33. The van der Waals surface area contributed by atoms with Gasteiger partial charge in [-0.3, -0.25) is 0 Å². The fourth-order valence-corrected chi connectivity index (χ4v) is 3.92. The number of benzene rings is 1. The minimum absolute atomic E-state index is 0.659. The Morgan fingerprint density at radius 1 is 1.00 bits per heavy atom. The van der Waals surface area contributed by atoms with Crippen LogP contribution in [0.25, 0.3) is 0 Å². The highest BCUT2D eigenvalue weighted by atomic mass is 14.3. The van der Waals surface area contributed by atoms with Crippen LogP contribution in [0.3, 0.4) is 0 Å². The van der Waals surface area contributed by atoms with E-state index in [1.807, 2.05) is 0 Å². The molecule has 2 rings (SSSR count). The SMILES string of the molecule is CCCCCCCC1CC=C(C(CC)c2ccccc2)CC1. The van der Waals surface area contributed by atoms with Crippen molar-refractivity contribution in [2.45, 2.75) is 84.0 Å². The van der Waals surface area contributed by atoms with Gasteiger partial charge in [0.05, 0.1) is 0 Å². The average molecular weight is 299 g/mol. The smallest absolute Gasteiger partial charge is 0.00455 e. The Morgan fingerprint density at radius 3 is 2.41 bits per heavy atom. The molecule has 0 amide bonds. The molecule has 0 heterocycles. The molecule has 1 aliphatic carbocycles. The minimum Gasteiger partial charge on any atom is -0.0844 e. The summed E-state index contributed by atoms with van der Waals surface area (Å²) < 4.78 is 0. The summed E-state index contributed by atoms with van der Waals surface area (Å²) in [6.07, 6.45) is 16.5. The van der Waals surface area contributed by atoms with Crippen LogP contribution < -0.4 is 0 Å². The molecule has 122 valence electrons. The second-order valence-corrected chi connectivity index (χ2v) is 6.99. The first-order valence-corrected chi connectivity index (χ1v) is 9.59. The van der Waals surface area contributed by atoms with Gasteiger partial charge in [-0.25, -0.2) is 0 Å². The fourth-order valence-electron chi connectivity index (χ4n) is 3.92. The third-order valence-corrected chi connectivity index (χ3v) is 5.33. The zero-order valence-corrected chi connectivity index (χ0v) is 14.7. The van der Waals surface area contributed by atoms with Crippen LogP contribution in [0, 0.1) is 5.92 Å². The van der Waals surface area contributed by atoms with Crippen LogP contribution in [0.5, 0.6) is 0 Å². The molecule has 0 fully saturated rings. The predicted molar refractivity (Wildman–Crippen MR) is 98.3 cm³/mol. The van der Waals surface area contributed by atoms with Crippen molar-refractivity contribution in [1.29, 1.82) is 0 Å². The second kappa shape index (κ2) is 9.87. The summed E-state index contributed by atoms with van der Waals surface area (Å²) in [5, 5.41) is 0. The van der Waals surface area contributed by atoms with Crippen LogP contribution in [0.2, 0.25) is 0 Å². The lowest BCUT2D eigenvalue weighted by molar-refractivity contribution is 0.405. The Bertz CT molecular complexity index is 429. The summed E-state index contributed by atoms with van der Waals surface area (Å²) in [7, 11) is 0. The van der Waals surface area contributed by atoms with Crippen LogP contribution in [0.4, 0.5) is 0 Å². The summed E-state index contributed by atoms with van der Waals surface area (Å²) in [6, 6.07) is 11.1. The van der Waals surface area contributed by atoms with Gasteiger partial charge in [0.25, 0.3) is 0 Å². The van der Waals surface area contributed by atoms with E-state index in [1.165, 1.54) is 69.8 Å².